The summed E-state index contributed by atoms with van der Waals surface area (Å²) in [6, 6.07) is 18.3. The smallest absolute Gasteiger partial charge is 0.146 e. The molecule has 0 atom stereocenters. The molecule has 0 unspecified atom stereocenters. The Labute approximate surface area is 124 Å². The highest BCUT2D eigenvalue weighted by Gasteiger charge is 2.15. The van der Waals surface area contributed by atoms with Gasteiger partial charge in [0.15, 0.2) is 0 Å². The number of anilines is 3. The van der Waals surface area contributed by atoms with Gasteiger partial charge in [-0.1, -0.05) is 48.0 Å². The summed E-state index contributed by atoms with van der Waals surface area (Å²) in [4.78, 5) is 0. The summed E-state index contributed by atoms with van der Waals surface area (Å²) in [5.74, 6) is 0.620. The van der Waals surface area contributed by atoms with Gasteiger partial charge in [0.2, 0.25) is 0 Å². The van der Waals surface area contributed by atoms with E-state index < -0.39 is 0 Å². The molecule has 0 amide bonds. The highest BCUT2D eigenvalue weighted by Crippen LogP contribution is 2.33. The molecular weight excluding hydrogens is 260 g/mol. The zero-order chi connectivity index (χ0) is 14.8. The van der Waals surface area contributed by atoms with Crippen molar-refractivity contribution in [3.8, 4) is 11.3 Å². The third-order valence-corrected chi connectivity index (χ3v) is 3.46. The maximum atomic E-state index is 6.16. The second-order valence-electron chi connectivity index (χ2n) is 5.09. The molecule has 4 heteroatoms. The molecule has 2 aromatic carbocycles. The van der Waals surface area contributed by atoms with Crippen LogP contribution in [0, 0.1) is 6.92 Å². The van der Waals surface area contributed by atoms with Gasteiger partial charge in [0.25, 0.3) is 0 Å². The van der Waals surface area contributed by atoms with Gasteiger partial charge in [-0.25, -0.2) is 0 Å². The van der Waals surface area contributed by atoms with E-state index in [1.54, 1.807) is 4.68 Å². The maximum absolute atomic E-state index is 6.16. The first-order valence-electron chi connectivity index (χ1n) is 6.87. The monoisotopic (exact) mass is 278 g/mol. The molecule has 0 saturated heterocycles. The van der Waals surface area contributed by atoms with Crippen LogP contribution in [0.4, 0.5) is 17.2 Å². The van der Waals surface area contributed by atoms with Gasteiger partial charge in [0.1, 0.15) is 17.2 Å². The van der Waals surface area contributed by atoms with Crippen molar-refractivity contribution in [3.63, 3.8) is 0 Å². The molecule has 106 valence electrons. The molecule has 0 aliphatic heterocycles. The van der Waals surface area contributed by atoms with Crippen LogP contribution in [-0.2, 0) is 7.05 Å². The normalized spacial score (nSPS) is 10.6. The third kappa shape index (κ3) is 2.60. The molecule has 0 saturated carbocycles. The van der Waals surface area contributed by atoms with Crippen molar-refractivity contribution in [2.24, 2.45) is 7.05 Å². The van der Waals surface area contributed by atoms with Crippen LogP contribution in [0.2, 0.25) is 0 Å². The highest BCUT2D eigenvalue weighted by molar-refractivity contribution is 5.85. The summed E-state index contributed by atoms with van der Waals surface area (Å²) in [6.45, 7) is 2.07. The minimum atomic E-state index is 0.620. The molecular formula is C17H18N4. The molecule has 0 aliphatic carbocycles. The highest BCUT2D eigenvalue weighted by atomic mass is 15.3. The largest absolute Gasteiger partial charge is 0.382 e. The molecule has 0 bridgehead atoms. The summed E-state index contributed by atoms with van der Waals surface area (Å²) >= 11 is 0. The van der Waals surface area contributed by atoms with Crippen molar-refractivity contribution in [2.75, 3.05) is 11.1 Å². The van der Waals surface area contributed by atoms with Crippen LogP contribution in [0.15, 0.2) is 54.6 Å². The Kier molecular flexibility index (Phi) is 3.36. The Morgan fingerprint density at radius 2 is 1.67 bits per heavy atom. The first-order chi connectivity index (χ1) is 10.1. The van der Waals surface area contributed by atoms with Crippen LogP contribution >= 0.6 is 0 Å². The Hall–Kier alpha value is -2.75. The van der Waals surface area contributed by atoms with E-state index in [1.807, 2.05) is 49.5 Å². The number of nitrogen functional groups attached to an aromatic ring is 1. The molecule has 1 heterocycles. The number of benzene rings is 2. The molecule has 0 aliphatic rings. The molecule has 0 fully saturated rings. The van der Waals surface area contributed by atoms with Crippen molar-refractivity contribution in [1.82, 2.24) is 9.78 Å². The second kappa shape index (κ2) is 5.32. The fourth-order valence-corrected chi connectivity index (χ4v) is 2.24. The zero-order valence-electron chi connectivity index (χ0n) is 12.2. The standard InChI is InChI=1S/C17H18N4/c1-12-8-10-14(11-9-12)19-16-15(20-21(2)17(16)18)13-6-4-3-5-7-13/h3-11,19H,18H2,1-2H3. The Bertz CT molecular complexity index is 742. The number of nitrogens with zero attached hydrogens (tertiary/aromatic N) is 2. The van der Waals surface area contributed by atoms with E-state index in [0.717, 1.165) is 22.6 Å². The van der Waals surface area contributed by atoms with Gasteiger partial charge in [-0.3, -0.25) is 4.68 Å². The van der Waals surface area contributed by atoms with E-state index in [-0.39, 0.29) is 0 Å². The van der Waals surface area contributed by atoms with Gasteiger partial charge in [0, 0.05) is 18.3 Å². The molecule has 0 spiro atoms. The topological polar surface area (TPSA) is 55.9 Å². The quantitative estimate of drug-likeness (QED) is 0.767. The molecule has 3 aromatic rings. The van der Waals surface area contributed by atoms with E-state index in [9.17, 15) is 0 Å². The van der Waals surface area contributed by atoms with Gasteiger partial charge >= 0.3 is 0 Å². The molecule has 3 N–H and O–H groups in total. The summed E-state index contributed by atoms with van der Waals surface area (Å²) < 4.78 is 1.69. The van der Waals surface area contributed by atoms with Crippen LogP contribution in [0.25, 0.3) is 11.3 Å². The number of nitrogens with two attached hydrogens (primary N) is 1. The predicted molar refractivity (Wildman–Crippen MR) is 87.5 cm³/mol. The molecule has 21 heavy (non-hydrogen) atoms. The zero-order valence-corrected chi connectivity index (χ0v) is 12.2. The summed E-state index contributed by atoms with van der Waals surface area (Å²) in [6.07, 6.45) is 0. The predicted octanol–water partition coefficient (Wildman–Crippen LogP) is 3.72. The number of aromatic nitrogens is 2. The average Bonchev–Trinajstić information content (AvgIpc) is 2.79. The van der Waals surface area contributed by atoms with Gasteiger partial charge in [-0.05, 0) is 19.1 Å². The minimum absolute atomic E-state index is 0.620. The van der Waals surface area contributed by atoms with Crippen LogP contribution < -0.4 is 11.1 Å². The second-order valence-corrected chi connectivity index (χ2v) is 5.09. The van der Waals surface area contributed by atoms with E-state index >= 15 is 0 Å². The molecule has 1 aromatic heterocycles. The van der Waals surface area contributed by atoms with Crippen molar-refractivity contribution >= 4 is 17.2 Å². The summed E-state index contributed by atoms with van der Waals surface area (Å²) in [5.41, 5.74) is 11.1. The Morgan fingerprint density at radius 3 is 2.33 bits per heavy atom. The van der Waals surface area contributed by atoms with Crippen LogP contribution in [0.3, 0.4) is 0 Å². The Morgan fingerprint density at radius 1 is 1.00 bits per heavy atom. The third-order valence-electron chi connectivity index (χ3n) is 3.46. The fraction of sp³-hybridized carbons (Fsp3) is 0.118. The fourth-order valence-electron chi connectivity index (χ4n) is 2.24. The van der Waals surface area contributed by atoms with Crippen molar-refractivity contribution in [2.45, 2.75) is 6.92 Å². The van der Waals surface area contributed by atoms with Crippen LogP contribution in [0.1, 0.15) is 5.56 Å². The summed E-state index contributed by atoms with van der Waals surface area (Å²) in [7, 11) is 1.85. The van der Waals surface area contributed by atoms with E-state index in [4.69, 9.17) is 5.73 Å². The molecule has 0 radical (unpaired) electrons. The number of rotatable bonds is 3. The van der Waals surface area contributed by atoms with E-state index in [0.29, 0.717) is 5.82 Å². The lowest BCUT2D eigenvalue weighted by Crippen LogP contribution is -2.00. The number of nitrogens with one attached hydrogen (secondary N) is 1. The molecule has 4 nitrogen and oxygen atoms in total. The van der Waals surface area contributed by atoms with Crippen molar-refractivity contribution in [3.05, 3.63) is 60.2 Å². The summed E-state index contributed by atoms with van der Waals surface area (Å²) in [5, 5.41) is 7.90. The van der Waals surface area contributed by atoms with E-state index in [1.165, 1.54) is 5.56 Å². The van der Waals surface area contributed by atoms with Crippen molar-refractivity contribution in [1.29, 1.82) is 0 Å². The number of hydrogen-bond acceptors (Lipinski definition) is 3. The number of hydrogen-bond donors (Lipinski definition) is 2. The SMILES string of the molecule is Cc1ccc(Nc2c(-c3ccccc3)nn(C)c2N)cc1. The maximum Gasteiger partial charge on any atom is 0.146 e. The molecule has 3 rings (SSSR count). The van der Waals surface area contributed by atoms with E-state index in [2.05, 4.69) is 29.5 Å². The first kappa shape index (κ1) is 13.2. The first-order valence-corrected chi connectivity index (χ1v) is 6.87. The lowest BCUT2D eigenvalue weighted by molar-refractivity contribution is 0.782. The number of aryl methyl sites for hydroxylation is 2. The van der Waals surface area contributed by atoms with Crippen LogP contribution in [0.5, 0.6) is 0 Å². The lowest BCUT2D eigenvalue weighted by atomic mass is 10.1. The average molecular weight is 278 g/mol. The van der Waals surface area contributed by atoms with Crippen molar-refractivity contribution < 1.29 is 0 Å². The Balaban J connectivity index is 2.03. The van der Waals surface area contributed by atoms with Gasteiger partial charge < -0.3 is 11.1 Å². The van der Waals surface area contributed by atoms with Gasteiger partial charge in [-0.15, -0.1) is 0 Å². The van der Waals surface area contributed by atoms with Crippen LogP contribution in [-0.4, -0.2) is 9.78 Å². The lowest BCUT2D eigenvalue weighted by Gasteiger charge is -2.08. The van der Waals surface area contributed by atoms with Gasteiger partial charge in [-0.2, -0.15) is 5.10 Å². The van der Waals surface area contributed by atoms with Gasteiger partial charge in [0.05, 0.1) is 0 Å². The minimum Gasteiger partial charge on any atom is -0.382 e.